The van der Waals surface area contributed by atoms with Gasteiger partial charge in [0.15, 0.2) is 0 Å². The molecule has 0 radical (unpaired) electrons. The molecule has 0 unspecified atom stereocenters. The number of hydrogen-bond acceptors (Lipinski definition) is 2. The fourth-order valence-corrected chi connectivity index (χ4v) is 3.15. The highest BCUT2D eigenvalue weighted by molar-refractivity contribution is 7.99. The molecular weight excluding hydrogens is 190 g/mol. The molecule has 14 heavy (non-hydrogen) atoms. The van der Waals surface area contributed by atoms with Crippen LogP contribution in [-0.2, 0) is 0 Å². The van der Waals surface area contributed by atoms with Crippen molar-refractivity contribution >= 4 is 11.8 Å². The third-order valence-electron chi connectivity index (χ3n) is 2.63. The van der Waals surface area contributed by atoms with E-state index in [0.29, 0.717) is 0 Å². The highest BCUT2D eigenvalue weighted by Gasteiger charge is 2.14. The van der Waals surface area contributed by atoms with Gasteiger partial charge in [0, 0.05) is 10.8 Å². The monoisotopic (exact) mass is 215 g/mol. The van der Waals surface area contributed by atoms with Gasteiger partial charge in [-0.15, -0.1) is 0 Å². The Morgan fingerprint density at radius 3 is 2.43 bits per heavy atom. The van der Waals surface area contributed by atoms with Crippen LogP contribution in [0.3, 0.4) is 0 Å². The summed E-state index contributed by atoms with van der Waals surface area (Å²) in [6.45, 7) is 7.87. The lowest BCUT2D eigenvalue weighted by Crippen LogP contribution is -2.36. The third kappa shape index (κ3) is 5.92. The summed E-state index contributed by atoms with van der Waals surface area (Å²) < 4.78 is 0. The molecule has 0 aromatic rings. The first-order valence-corrected chi connectivity index (χ1v) is 6.99. The van der Waals surface area contributed by atoms with Crippen molar-refractivity contribution in [1.82, 2.24) is 5.32 Å². The van der Waals surface area contributed by atoms with Crippen molar-refractivity contribution in [3.63, 3.8) is 0 Å². The smallest absolute Gasteiger partial charge is 0.00965 e. The molecule has 0 spiro atoms. The van der Waals surface area contributed by atoms with Gasteiger partial charge in [-0.05, 0) is 52.3 Å². The van der Waals surface area contributed by atoms with E-state index in [0.717, 1.165) is 5.25 Å². The standard InChI is InChI=1S/C12H25NS/c1-12(2,3)13-9-6-10-14-11-7-4-5-8-11/h11,13H,4-10H2,1-3H3. The van der Waals surface area contributed by atoms with E-state index >= 15 is 0 Å². The van der Waals surface area contributed by atoms with Gasteiger partial charge in [-0.3, -0.25) is 0 Å². The lowest BCUT2D eigenvalue weighted by atomic mass is 10.1. The van der Waals surface area contributed by atoms with E-state index in [2.05, 4.69) is 37.8 Å². The molecule has 1 fully saturated rings. The van der Waals surface area contributed by atoms with Crippen LogP contribution < -0.4 is 5.32 Å². The van der Waals surface area contributed by atoms with Crippen LogP contribution in [0.1, 0.15) is 52.9 Å². The van der Waals surface area contributed by atoms with E-state index in [1.807, 2.05) is 0 Å². The molecule has 1 aliphatic rings. The Morgan fingerprint density at radius 1 is 1.21 bits per heavy atom. The van der Waals surface area contributed by atoms with Gasteiger partial charge in [-0.25, -0.2) is 0 Å². The molecule has 0 aromatic carbocycles. The second kappa shape index (κ2) is 6.02. The van der Waals surface area contributed by atoms with Crippen LogP contribution in [0, 0.1) is 0 Å². The Balaban J connectivity index is 1.89. The summed E-state index contributed by atoms with van der Waals surface area (Å²) >= 11 is 2.19. The molecule has 0 heterocycles. The van der Waals surface area contributed by atoms with E-state index in [9.17, 15) is 0 Å². The summed E-state index contributed by atoms with van der Waals surface area (Å²) in [4.78, 5) is 0. The second-order valence-corrected chi connectivity index (χ2v) is 6.72. The molecule has 1 aliphatic carbocycles. The molecule has 0 atom stereocenters. The fraction of sp³-hybridized carbons (Fsp3) is 1.00. The highest BCUT2D eigenvalue weighted by atomic mass is 32.2. The van der Waals surface area contributed by atoms with E-state index in [-0.39, 0.29) is 5.54 Å². The average molecular weight is 215 g/mol. The zero-order valence-corrected chi connectivity index (χ0v) is 10.8. The molecule has 0 aromatic heterocycles. The number of hydrogen-bond donors (Lipinski definition) is 1. The maximum absolute atomic E-state index is 3.53. The first-order chi connectivity index (χ1) is 6.58. The molecule has 0 aliphatic heterocycles. The third-order valence-corrected chi connectivity index (χ3v) is 4.10. The van der Waals surface area contributed by atoms with Gasteiger partial charge >= 0.3 is 0 Å². The molecular formula is C12H25NS. The predicted molar refractivity (Wildman–Crippen MR) is 67.1 cm³/mol. The minimum Gasteiger partial charge on any atom is -0.312 e. The maximum Gasteiger partial charge on any atom is 0.00965 e. The lowest BCUT2D eigenvalue weighted by Gasteiger charge is -2.20. The van der Waals surface area contributed by atoms with Crippen molar-refractivity contribution in [2.75, 3.05) is 12.3 Å². The fourth-order valence-electron chi connectivity index (χ4n) is 1.84. The Bertz CT molecular complexity index is 145. The average Bonchev–Trinajstić information content (AvgIpc) is 2.54. The molecule has 1 nitrogen and oxygen atoms in total. The van der Waals surface area contributed by atoms with Crippen LogP contribution in [-0.4, -0.2) is 23.1 Å². The molecule has 1 rings (SSSR count). The zero-order valence-electron chi connectivity index (χ0n) is 9.94. The van der Waals surface area contributed by atoms with Crippen LogP contribution in [0.5, 0.6) is 0 Å². The Kier molecular flexibility index (Phi) is 5.32. The van der Waals surface area contributed by atoms with Crippen LogP contribution in [0.2, 0.25) is 0 Å². The molecule has 1 saturated carbocycles. The molecule has 0 saturated heterocycles. The number of rotatable bonds is 5. The predicted octanol–water partition coefficient (Wildman–Crippen LogP) is 3.44. The Hall–Kier alpha value is 0.310. The van der Waals surface area contributed by atoms with Gasteiger partial charge in [0.2, 0.25) is 0 Å². The highest BCUT2D eigenvalue weighted by Crippen LogP contribution is 2.29. The first-order valence-electron chi connectivity index (χ1n) is 5.94. The maximum atomic E-state index is 3.53. The zero-order chi connectivity index (χ0) is 10.4. The van der Waals surface area contributed by atoms with Crippen molar-refractivity contribution < 1.29 is 0 Å². The van der Waals surface area contributed by atoms with Crippen LogP contribution in [0.25, 0.3) is 0 Å². The molecule has 0 bridgehead atoms. The van der Waals surface area contributed by atoms with Crippen molar-refractivity contribution in [2.24, 2.45) is 0 Å². The van der Waals surface area contributed by atoms with Gasteiger partial charge in [0.05, 0.1) is 0 Å². The van der Waals surface area contributed by atoms with Crippen molar-refractivity contribution in [3.8, 4) is 0 Å². The van der Waals surface area contributed by atoms with Gasteiger partial charge < -0.3 is 5.32 Å². The normalized spacial score (nSPS) is 19.1. The summed E-state index contributed by atoms with van der Waals surface area (Å²) in [7, 11) is 0. The largest absolute Gasteiger partial charge is 0.312 e. The number of thioether (sulfide) groups is 1. The summed E-state index contributed by atoms with van der Waals surface area (Å²) in [5.74, 6) is 1.34. The van der Waals surface area contributed by atoms with E-state index in [4.69, 9.17) is 0 Å². The quantitative estimate of drug-likeness (QED) is 0.705. The summed E-state index contributed by atoms with van der Waals surface area (Å²) in [5, 5.41) is 4.52. The lowest BCUT2D eigenvalue weighted by molar-refractivity contribution is 0.427. The SMILES string of the molecule is CC(C)(C)NCCCSC1CCCC1. The van der Waals surface area contributed by atoms with E-state index < -0.39 is 0 Å². The van der Waals surface area contributed by atoms with Gasteiger partial charge in [-0.2, -0.15) is 11.8 Å². The van der Waals surface area contributed by atoms with Crippen molar-refractivity contribution in [1.29, 1.82) is 0 Å². The summed E-state index contributed by atoms with van der Waals surface area (Å²) in [5.41, 5.74) is 0.290. The van der Waals surface area contributed by atoms with Crippen LogP contribution in [0.4, 0.5) is 0 Å². The molecule has 0 amide bonds. The Labute approximate surface area is 93.4 Å². The van der Waals surface area contributed by atoms with Gasteiger partial charge in [-0.1, -0.05) is 12.8 Å². The summed E-state index contributed by atoms with van der Waals surface area (Å²) in [6.07, 6.45) is 7.20. The Morgan fingerprint density at radius 2 is 1.86 bits per heavy atom. The second-order valence-electron chi connectivity index (χ2n) is 5.31. The minimum atomic E-state index is 0.290. The minimum absolute atomic E-state index is 0.290. The molecule has 2 heteroatoms. The topological polar surface area (TPSA) is 12.0 Å². The molecule has 1 N–H and O–H groups in total. The summed E-state index contributed by atoms with van der Waals surface area (Å²) in [6, 6.07) is 0. The van der Waals surface area contributed by atoms with Crippen molar-refractivity contribution in [3.05, 3.63) is 0 Å². The molecule has 84 valence electrons. The van der Waals surface area contributed by atoms with Gasteiger partial charge in [0.25, 0.3) is 0 Å². The van der Waals surface area contributed by atoms with E-state index in [1.165, 1.54) is 44.4 Å². The number of nitrogens with one attached hydrogen (secondary N) is 1. The van der Waals surface area contributed by atoms with Gasteiger partial charge in [0.1, 0.15) is 0 Å². The van der Waals surface area contributed by atoms with E-state index in [1.54, 1.807) is 0 Å². The van der Waals surface area contributed by atoms with Crippen LogP contribution in [0.15, 0.2) is 0 Å². The van der Waals surface area contributed by atoms with Crippen LogP contribution >= 0.6 is 11.8 Å². The first kappa shape index (κ1) is 12.4. The van der Waals surface area contributed by atoms with Crippen molar-refractivity contribution in [2.45, 2.75) is 63.7 Å².